The molecule has 1 N–H and O–H groups in total. The van der Waals surface area contributed by atoms with Gasteiger partial charge in [-0.15, -0.1) is 0 Å². The molecule has 1 aliphatic carbocycles. The number of likely N-dealkylation sites (N-methyl/N-ethyl adjacent to an activating group) is 1. The highest BCUT2D eigenvalue weighted by Crippen LogP contribution is 2.36. The van der Waals surface area contributed by atoms with Crippen LogP contribution in [0.25, 0.3) is 0 Å². The van der Waals surface area contributed by atoms with Gasteiger partial charge in [0.1, 0.15) is 0 Å². The van der Waals surface area contributed by atoms with Crippen LogP contribution in [0.3, 0.4) is 0 Å². The summed E-state index contributed by atoms with van der Waals surface area (Å²) in [6, 6.07) is 0. The van der Waals surface area contributed by atoms with Crippen molar-refractivity contribution in [3.8, 4) is 0 Å². The van der Waals surface area contributed by atoms with E-state index in [0.29, 0.717) is 0 Å². The first-order valence-corrected chi connectivity index (χ1v) is 7.84. The van der Waals surface area contributed by atoms with Crippen molar-refractivity contribution in [2.45, 2.75) is 45.4 Å². The number of nitrogens with zero attached hydrogens (tertiary/aromatic N) is 2. The summed E-state index contributed by atoms with van der Waals surface area (Å²) in [7, 11) is 0. The molecule has 1 aliphatic heterocycles. The molecule has 2 rings (SSSR count). The van der Waals surface area contributed by atoms with Crippen LogP contribution in [0.1, 0.15) is 45.4 Å². The predicted molar refractivity (Wildman–Crippen MR) is 76.3 cm³/mol. The van der Waals surface area contributed by atoms with Gasteiger partial charge < -0.3 is 10.0 Å². The van der Waals surface area contributed by atoms with Gasteiger partial charge in [0.05, 0.1) is 5.41 Å². The van der Waals surface area contributed by atoms with Crippen LogP contribution < -0.4 is 0 Å². The third-order valence-electron chi connectivity index (χ3n) is 4.95. The Hall–Kier alpha value is -0.610. The normalized spacial score (nSPS) is 25.9. The van der Waals surface area contributed by atoms with E-state index in [0.717, 1.165) is 65.0 Å². The van der Waals surface area contributed by atoms with Crippen molar-refractivity contribution in [2.24, 2.45) is 5.41 Å². The van der Waals surface area contributed by atoms with Crippen molar-refractivity contribution >= 4 is 5.97 Å². The van der Waals surface area contributed by atoms with E-state index in [1.54, 1.807) is 0 Å². The fraction of sp³-hybridized carbons (Fsp3) is 0.933. The maximum atomic E-state index is 11.8. The molecule has 1 saturated heterocycles. The Morgan fingerprint density at radius 2 is 1.53 bits per heavy atom. The summed E-state index contributed by atoms with van der Waals surface area (Å²) >= 11 is 0. The summed E-state index contributed by atoms with van der Waals surface area (Å²) in [6.07, 6.45) is 6.33. The lowest BCUT2D eigenvalue weighted by molar-refractivity contribution is -0.151. The van der Waals surface area contributed by atoms with Gasteiger partial charge in [0.15, 0.2) is 0 Å². The standard InChI is InChI=1S/C15H28N2O2/c1-2-16-9-11-17(12-10-16)13-15(14(18)19)7-5-3-4-6-8-15/h2-13H2,1H3,(H,18,19). The lowest BCUT2D eigenvalue weighted by Gasteiger charge is -2.39. The zero-order chi connectivity index (χ0) is 13.7. The molecular weight excluding hydrogens is 240 g/mol. The average Bonchev–Trinajstić information content (AvgIpc) is 2.66. The van der Waals surface area contributed by atoms with Crippen LogP contribution in [0.4, 0.5) is 0 Å². The zero-order valence-electron chi connectivity index (χ0n) is 12.2. The number of carbonyl (C=O) groups is 1. The molecule has 0 radical (unpaired) electrons. The molecule has 2 aliphatic rings. The summed E-state index contributed by atoms with van der Waals surface area (Å²) in [5.41, 5.74) is -0.467. The smallest absolute Gasteiger partial charge is 0.310 e. The third-order valence-corrected chi connectivity index (χ3v) is 4.95. The van der Waals surface area contributed by atoms with E-state index in [2.05, 4.69) is 16.7 Å². The van der Waals surface area contributed by atoms with Gasteiger partial charge in [-0.25, -0.2) is 0 Å². The van der Waals surface area contributed by atoms with Crippen LogP contribution in [0.5, 0.6) is 0 Å². The van der Waals surface area contributed by atoms with E-state index in [1.165, 1.54) is 12.8 Å². The lowest BCUT2D eigenvalue weighted by Crippen LogP contribution is -2.51. The van der Waals surface area contributed by atoms with Crippen LogP contribution in [-0.2, 0) is 4.79 Å². The van der Waals surface area contributed by atoms with E-state index < -0.39 is 11.4 Å². The number of hydrogen-bond donors (Lipinski definition) is 1. The number of rotatable bonds is 4. The molecule has 0 amide bonds. The molecule has 1 heterocycles. The van der Waals surface area contributed by atoms with Crippen LogP contribution in [0.15, 0.2) is 0 Å². The van der Waals surface area contributed by atoms with Crippen LogP contribution >= 0.6 is 0 Å². The molecule has 19 heavy (non-hydrogen) atoms. The fourth-order valence-electron chi connectivity index (χ4n) is 3.54. The molecule has 1 saturated carbocycles. The maximum Gasteiger partial charge on any atom is 0.310 e. The number of aliphatic carboxylic acids is 1. The summed E-state index contributed by atoms with van der Waals surface area (Å²) < 4.78 is 0. The van der Waals surface area contributed by atoms with Gasteiger partial charge in [0.2, 0.25) is 0 Å². The highest BCUT2D eigenvalue weighted by molar-refractivity contribution is 5.75. The van der Waals surface area contributed by atoms with Gasteiger partial charge >= 0.3 is 5.97 Å². The molecule has 110 valence electrons. The minimum atomic E-state index is -0.563. The highest BCUT2D eigenvalue weighted by Gasteiger charge is 2.40. The molecule has 0 spiro atoms. The van der Waals surface area contributed by atoms with Gasteiger partial charge in [-0.3, -0.25) is 9.69 Å². The van der Waals surface area contributed by atoms with Gasteiger partial charge in [0, 0.05) is 32.7 Å². The van der Waals surface area contributed by atoms with Crippen LogP contribution in [0.2, 0.25) is 0 Å². The molecule has 0 unspecified atom stereocenters. The first-order chi connectivity index (χ1) is 9.16. The second-order valence-electron chi connectivity index (χ2n) is 6.21. The minimum absolute atomic E-state index is 0.467. The molecule has 2 fully saturated rings. The molecule has 0 aromatic heterocycles. The largest absolute Gasteiger partial charge is 0.481 e. The molecule has 0 bridgehead atoms. The highest BCUT2D eigenvalue weighted by atomic mass is 16.4. The summed E-state index contributed by atoms with van der Waals surface area (Å²) in [5, 5.41) is 9.71. The van der Waals surface area contributed by atoms with Crippen molar-refractivity contribution in [1.82, 2.24) is 9.80 Å². The van der Waals surface area contributed by atoms with Crippen LogP contribution in [0, 0.1) is 5.41 Å². The number of piperazine rings is 1. The van der Waals surface area contributed by atoms with E-state index in [1.807, 2.05) is 0 Å². The Morgan fingerprint density at radius 3 is 2.00 bits per heavy atom. The van der Waals surface area contributed by atoms with Gasteiger partial charge in [0.25, 0.3) is 0 Å². The van der Waals surface area contributed by atoms with E-state index >= 15 is 0 Å². The number of carboxylic acid groups (broad SMARTS) is 1. The topological polar surface area (TPSA) is 43.8 Å². The zero-order valence-corrected chi connectivity index (χ0v) is 12.2. The first-order valence-electron chi connectivity index (χ1n) is 7.84. The summed E-state index contributed by atoms with van der Waals surface area (Å²) in [4.78, 5) is 16.6. The summed E-state index contributed by atoms with van der Waals surface area (Å²) in [6.45, 7) is 8.31. The van der Waals surface area contributed by atoms with Gasteiger partial charge in [-0.1, -0.05) is 32.6 Å². The summed E-state index contributed by atoms with van der Waals surface area (Å²) in [5.74, 6) is -0.563. The monoisotopic (exact) mass is 268 g/mol. The predicted octanol–water partition coefficient (Wildman–Crippen LogP) is 2.05. The minimum Gasteiger partial charge on any atom is -0.481 e. The Labute approximate surface area is 116 Å². The lowest BCUT2D eigenvalue weighted by atomic mass is 9.79. The Bertz CT molecular complexity index is 291. The van der Waals surface area contributed by atoms with Gasteiger partial charge in [-0.2, -0.15) is 0 Å². The van der Waals surface area contributed by atoms with Crippen molar-refractivity contribution in [3.63, 3.8) is 0 Å². The van der Waals surface area contributed by atoms with Gasteiger partial charge in [-0.05, 0) is 19.4 Å². The van der Waals surface area contributed by atoms with Crippen molar-refractivity contribution in [3.05, 3.63) is 0 Å². The molecule has 0 aromatic carbocycles. The van der Waals surface area contributed by atoms with Crippen molar-refractivity contribution in [2.75, 3.05) is 39.3 Å². The fourth-order valence-corrected chi connectivity index (χ4v) is 3.54. The Balaban J connectivity index is 1.95. The number of hydrogen-bond acceptors (Lipinski definition) is 3. The molecule has 4 nitrogen and oxygen atoms in total. The van der Waals surface area contributed by atoms with E-state index in [-0.39, 0.29) is 0 Å². The van der Waals surface area contributed by atoms with Crippen LogP contribution in [-0.4, -0.2) is 60.1 Å². The van der Waals surface area contributed by atoms with E-state index in [9.17, 15) is 9.90 Å². The SMILES string of the molecule is CCN1CCN(CC2(C(=O)O)CCCCCC2)CC1. The second kappa shape index (κ2) is 6.71. The van der Waals surface area contributed by atoms with Crippen molar-refractivity contribution in [1.29, 1.82) is 0 Å². The first kappa shape index (κ1) is 14.8. The van der Waals surface area contributed by atoms with E-state index in [4.69, 9.17) is 0 Å². The quantitative estimate of drug-likeness (QED) is 0.793. The molecule has 0 atom stereocenters. The molecule has 0 aromatic rings. The maximum absolute atomic E-state index is 11.8. The average molecular weight is 268 g/mol. The van der Waals surface area contributed by atoms with Crippen molar-refractivity contribution < 1.29 is 9.90 Å². The third kappa shape index (κ3) is 3.69. The Kier molecular flexibility index (Phi) is 5.22. The molecule has 4 heteroatoms. The number of carboxylic acids is 1. The molecular formula is C15H28N2O2. The second-order valence-corrected chi connectivity index (χ2v) is 6.21. The Morgan fingerprint density at radius 1 is 1.00 bits per heavy atom.